The Hall–Kier alpha value is -1.35. The van der Waals surface area contributed by atoms with Gasteiger partial charge in [0.15, 0.2) is 0 Å². The molecular weight excluding hydrogens is 228 g/mol. The van der Waals surface area contributed by atoms with E-state index in [-0.39, 0.29) is 0 Å². The van der Waals surface area contributed by atoms with Gasteiger partial charge in [0.05, 0.1) is 6.04 Å². The maximum atomic E-state index is 4.50. The quantitative estimate of drug-likeness (QED) is 0.872. The first-order valence-electron chi connectivity index (χ1n) is 5.90. The van der Waals surface area contributed by atoms with Crippen LogP contribution in [0.1, 0.15) is 30.5 Å². The van der Waals surface area contributed by atoms with Crippen molar-refractivity contribution in [3.05, 3.63) is 46.3 Å². The van der Waals surface area contributed by atoms with Crippen LogP contribution in [0.25, 0.3) is 0 Å². The summed E-state index contributed by atoms with van der Waals surface area (Å²) >= 11 is 1.79. The molecular formula is C14H18N2S. The Morgan fingerprint density at radius 3 is 2.59 bits per heavy atom. The third kappa shape index (κ3) is 3.07. The predicted octanol–water partition coefficient (Wildman–Crippen LogP) is 4.26. The van der Waals surface area contributed by atoms with E-state index in [0.717, 1.165) is 11.5 Å². The Morgan fingerprint density at radius 1 is 1.18 bits per heavy atom. The number of aryl methyl sites for hydroxylation is 1. The van der Waals surface area contributed by atoms with Gasteiger partial charge in [-0.3, -0.25) is 0 Å². The number of rotatable bonds is 4. The van der Waals surface area contributed by atoms with Gasteiger partial charge in [-0.2, -0.15) is 0 Å². The van der Waals surface area contributed by atoms with E-state index >= 15 is 0 Å². The van der Waals surface area contributed by atoms with Crippen molar-refractivity contribution in [1.82, 2.24) is 4.98 Å². The van der Waals surface area contributed by atoms with E-state index in [1.807, 2.05) is 25.1 Å². The minimum atomic E-state index is 0.337. The zero-order chi connectivity index (χ0) is 12.3. The summed E-state index contributed by atoms with van der Waals surface area (Å²) in [5, 5.41) is 5.64. The summed E-state index contributed by atoms with van der Waals surface area (Å²) in [5.74, 6) is 1.49. The molecule has 2 aromatic heterocycles. The average molecular weight is 246 g/mol. The van der Waals surface area contributed by atoms with Gasteiger partial charge in [-0.15, -0.1) is 11.3 Å². The first-order valence-corrected chi connectivity index (χ1v) is 6.78. The van der Waals surface area contributed by atoms with Crippen molar-refractivity contribution < 1.29 is 0 Å². The van der Waals surface area contributed by atoms with Crippen LogP contribution in [0.3, 0.4) is 0 Å². The lowest BCUT2D eigenvalue weighted by atomic mass is 10.0. The number of nitrogens with zero attached hydrogens (tertiary/aromatic N) is 1. The molecule has 0 bridgehead atoms. The standard InChI is InChI=1S/C14H18N2S/c1-10(2)14(12-7-5-9-17-12)16-13-8-4-6-11(3)15-13/h4-10,14H,1-3H3,(H,15,16). The smallest absolute Gasteiger partial charge is 0.126 e. The minimum Gasteiger partial charge on any atom is -0.362 e. The second-order valence-electron chi connectivity index (χ2n) is 4.55. The van der Waals surface area contributed by atoms with Crippen LogP contribution >= 0.6 is 11.3 Å². The Labute approximate surface area is 107 Å². The van der Waals surface area contributed by atoms with Gasteiger partial charge in [0, 0.05) is 10.6 Å². The zero-order valence-electron chi connectivity index (χ0n) is 10.5. The second-order valence-corrected chi connectivity index (χ2v) is 5.52. The highest BCUT2D eigenvalue weighted by atomic mass is 32.1. The molecule has 2 aromatic rings. The highest BCUT2D eigenvalue weighted by Crippen LogP contribution is 2.28. The molecule has 17 heavy (non-hydrogen) atoms. The fourth-order valence-electron chi connectivity index (χ4n) is 1.82. The summed E-state index contributed by atoms with van der Waals surface area (Å²) in [6.45, 7) is 6.47. The van der Waals surface area contributed by atoms with Gasteiger partial charge in [0.25, 0.3) is 0 Å². The maximum absolute atomic E-state index is 4.50. The molecule has 90 valence electrons. The van der Waals surface area contributed by atoms with E-state index in [4.69, 9.17) is 0 Å². The topological polar surface area (TPSA) is 24.9 Å². The maximum Gasteiger partial charge on any atom is 0.126 e. The summed E-state index contributed by atoms with van der Waals surface area (Å²) < 4.78 is 0. The van der Waals surface area contributed by atoms with Crippen molar-refractivity contribution in [3.8, 4) is 0 Å². The van der Waals surface area contributed by atoms with Crippen molar-refractivity contribution in [3.63, 3.8) is 0 Å². The monoisotopic (exact) mass is 246 g/mol. The number of hydrogen-bond acceptors (Lipinski definition) is 3. The number of pyridine rings is 1. The SMILES string of the molecule is Cc1cccc(NC(c2cccs2)C(C)C)n1. The van der Waals surface area contributed by atoms with Gasteiger partial charge < -0.3 is 5.32 Å². The Balaban J connectivity index is 2.19. The Kier molecular flexibility index (Phi) is 3.79. The van der Waals surface area contributed by atoms with Gasteiger partial charge in [0.2, 0.25) is 0 Å². The molecule has 2 rings (SSSR count). The number of aromatic nitrogens is 1. The molecule has 0 aliphatic carbocycles. The fraction of sp³-hybridized carbons (Fsp3) is 0.357. The molecule has 2 nitrogen and oxygen atoms in total. The molecule has 0 radical (unpaired) electrons. The van der Waals surface area contributed by atoms with Gasteiger partial charge in [-0.05, 0) is 36.4 Å². The van der Waals surface area contributed by atoms with Crippen LogP contribution in [0.2, 0.25) is 0 Å². The lowest BCUT2D eigenvalue weighted by molar-refractivity contribution is 0.552. The van der Waals surface area contributed by atoms with Crippen LogP contribution in [0.5, 0.6) is 0 Å². The molecule has 1 atom stereocenters. The lowest BCUT2D eigenvalue weighted by Gasteiger charge is -2.22. The van der Waals surface area contributed by atoms with Gasteiger partial charge in [-0.25, -0.2) is 4.98 Å². The van der Waals surface area contributed by atoms with E-state index in [2.05, 4.69) is 41.7 Å². The first-order chi connectivity index (χ1) is 8.16. The number of thiophene rings is 1. The van der Waals surface area contributed by atoms with Gasteiger partial charge >= 0.3 is 0 Å². The molecule has 0 saturated carbocycles. The van der Waals surface area contributed by atoms with E-state index in [1.54, 1.807) is 11.3 Å². The number of anilines is 1. The Bertz CT molecular complexity index is 463. The molecule has 0 fully saturated rings. The molecule has 0 spiro atoms. The molecule has 3 heteroatoms. The van der Waals surface area contributed by atoms with E-state index < -0.39 is 0 Å². The largest absolute Gasteiger partial charge is 0.362 e. The van der Waals surface area contributed by atoms with Crippen molar-refractivity contribution in [1.29, 1.82) is 0 Å². The molecule has 0 aromatic carbocycles. The van der Waals surface area contributed by atoms with Crippen LogP contribution in [-0.2, 0) is 0 Å². The summed E-state index contributed by atoms with van der Waals surface area (Å²) in [5.41, 5.74) is 1.05. The summed E-state index contributed by atoms with van der Waals surface area (Å²) in [6, 6.07) is 10.7. The average Bonchev–Trinajstić information content (AvgIpc) is 2.78. The zero-order valence-corrected chi connectivity index (χ0v) is 11.3. The van der Waals surface area contributed by atoms with E-state index in [0.29, 0.717) is 12.0 Å². The second kappa shape index (κ2) is 5.32. The summed E-state index contributed by atoms with van der Waals surface area (Å²) in [7, 11) is 0. The summed E-state index contributed by atoms with van der Waals surface area (Å²) in [4.78, 5) is 5.86. The van der Waals surface area contributed by atoms with E-state index in [9.17, 15) is 0 Å². The normalized spacial score (nSPS) is 12.7. The van der Waals surface area contributed by atoms with Crippen LogP contribution in [-0.4, -0.2) is 4.98 Å². The molecule has 2 heterocycles. The van der Waals surface area contributed by atoms with Gasteiger partial charge in [-0.1, -0.05) is 26.0 Å². The van der Waals surface area contributed by atoms with Crippen LogP contribution < -0.4 is 5.32 Å². The van der Waals surface area contributed by atoms with Crippen LogP contribution in [0, 0.1) is 12.8 Å². The molecule has 0 saturated heterocycles. The fourth-order valence-corrected chi connectivity index (χ4v) is 2.77. The van der Waals surface area contributed by atoms with Gasteiger partial charge in [0.1, 0.15) is 5.82 Å². The lowest BCUT2D eigenvalue weighted by Crippen LogP contribution is -2.16. The third-order valence-corrected chi connectivity index (χ3v) is 3.66. The molecule has 0 amide bonds. The molecule has 1 N–H and O–H groups in total. The molecule has 0 aliphatic rings. The Morgan fingerprint density at radius 2 is 2.00 bits per heavy atom. The number of hydrogen-bond donors (Lipinski definition) is 1. The predicted molar refractivity (Wildman–Crippen MR) is 74.5 cm³/mol. The van der Waals surface area contributed by atoms with Crippen LogP contribution in [0.4, 0.5) is 5.82 Å². The van der Waals surface area contributed by atoms with Crippen molar-refractivity contribution >= 4 is 17.2 Å². The minimum absolute atomic E-state index is 0.337. The highest BCUT2D eigenvalue weighted by Gasteiger charge is 2.16. The van der Waals surface area contributed by atoms with Crippen molar-refractivity contribution in [2.24, 2.45) is 5.92 Å². The van der Waals surface area contributed by atoms with Crippen molar-refractivity contribution in [2.45, 2.75) is 26.8 Å². The summed E-state index contributed by atoms with van der Waals surface area (Å²) in [6.07, 6.45) is 0. The van der Waals surface area contributed by atoms with Crippen molar-refractivity contribution in [2.75, 3.05) is 5.32 Å². The van der Waals surface area contributed by atoms with E-state index in [1.165, 1.54) is 4.88 Å². The van der Waals surface area contributed by atoms with Crippen LogP contribution in [0.15, 0.2) is 35.7 Å². The first kappa shape index (κ1) is 12.1. The molecule has 1 unspecified atom stereocenters. The number of nitrogens with one attached hydrogen (secondary N) is 1. The third-order valence-electron chi connectivity index (χ3n) is 2.71. The molecule has 0 aliphatic heterocycles. The highest BCUT2D eigenvalue weighted by molar-refractivity contribution is 7.10.